The number of nitrogens with one attached hydrogen (secondary N) is 1. The van der Waals surface area contributed by atoms with Gasteiger partial charge >= 0.3 is 0 Å². The van der Waals surface area contributed by atoms with E-state index >= 15 is 0 Å². The molecule has 2 aromatic carbocycles. The second kappa shape index (κ2) is 13.7. The fourth-order valence-corrected chi connectivity index (χ4v) is 4.58. The highest BCUT2D eigenvalue weighted by molar-refractivity contribution is 5.82. The number of halogens is 2. The van der Waals surface area contributed by atoms with Gasteiger partial charge in [-0.15, -0.1) is 0 Å². The molecule has 4 rings (SSSR count). The van der Waals surface area contributed by atoms with Crippen LogP contribution in [-0.2, 0) is 25.6 Å². The second-order valence-electron chi connectivity index (χ2n) is 9.94. The van der Waals surface area contributed by atoms with Crippen LogP contribution in [-0.4, -0.2) is 87.1 Å². The van der Waals surface area contributed by atoms with E-state index in [1.54, 1.807) is 30.1 Å². The van der Waals surface area contributed by atoms with Gasteiger partial charge in [0.1, 0.15) is 24.2 Å². The third-order valence-corrected chi connectivity index (χ3v) is 6.55. The van der Waals surface area contributed by atoms with Crippen LogP contribution in [0, 0.1) is 11.6 Å². The summed E-state index contributed by atoms with van der Waals surface area (Å²) >= 11 is 0. The minimum atomic E-state index is -0.678. The third-order valence-electron chi connectivity index (χ3n) is 6.55. The number of amides is 1. The van der Waals surface area contributed by atoms with Crippen LogP contribution in [0.15, 0.2) is 48.6 Å². The zero-order valence-electron chi connectivity index (χ0n) is 22.5. The maximum atomic E-state index is 13.8. The van der Waals surface area contributed by atoms with Gasteiger partial charge in [0.2, 0.25) is 5.91 Å². The lowest BCUT2D eigenvalue weighted by atomic mass is 9.99. The smallest absolute Gasteiger partial charge is 0.237 e. The Morgan fingerprint density at radius 3 is 2.54 bits per heavy atom. The van der Waals surface area contributed by atoms with E-state index in [4.69, 9.17) is 9.47 Å². The number of rotatable bonds is 9. The molecule has 0 radical (unpaired) electrons. The summed E-state index contributed by atoms with van der Waals surface area (Å²) in [6, 6.07) is 8.09. The molecule has 2 aromatic rings. The molecule has 210 valence electrons. The molecule has 1 unspecified atom stereocenters. The first-order valence-electron chi connectivity index (χ1n) is 12.6. The van der Waals surface area contributed by atoms with Crippen molar-refractivity contribution in [3.05, 3.63) is 71.3 Å². The number of hydrogen-bond donors (Lipinski definition) is 1. The Labute approximate surface area is 227 Å². The molecule has 8 nitrogen and oxygen atoms in total. The van der Waals surface area contributed by atoms with Gasteiger partial charge in [0.25, 0.3) is 0 Å². The summed E-state index contributed by atoms with van der Waals surface area (Å²) in [5.41, 5.74) is 2.84. The first kappa shape index (κ1) is 30.2. The number of likely N-dealkylation sites (N-methyl/N-ethyl adjacent to an activating group) is 2. The van der Waals surface area contributed by atoms with Crippen molar-refractivity contribution in [2.75, 3.05) is 46.9 Å². The van der Waals surface area contributed by atoms with Crippen LogP contribution >= 0.6 is 0 Å². The molecule has 1 atom stereocenters. The van der Waals surface area contributed by atoms with Crippen molar-refractivity contribution >= 4 is 18.5 Å². The van der Waals surface area contributed by atoms with E-state index in [9.17, 15) is 23.2 Å². The van der Waals surface area contributed by atoms with Gasteiger partial charge in [0.15, 0.2) is 5.79 Å². The Hall–Kier alpha value is -3.31. The lowest BCUT2D eigenvalue weighted by Crippen LogP contribution is -2.41. The lowest BCUT2D eigenvalue weighted by molar-refractivity contribution is -0.146. The summed E-state index contributed by atoms with van der Waals surface area (Å²) in [5.74, 6) is -1.86. The molecule has 0 bridgehead atoms. The number of likely N-dealkylation sites (tertiary alicyclic amines) is 1. The summed E-state index contributed by atoms with van der Waals surface area (Å²) in [6.07, 6.45) is 2.07. The van der Waals surface area contributed by atoms with Gasteiger partial charge < -0.3 is 19.6 Å². The van der Waals surface area contributed by atoms with E-state index in [0.29, 0.717) is 56.7 Å². The number of hydrogen-bond acceptors (Lipinski definition) is 7. The summed E-state index contributed by atoms with van der Waals surface area (Å²) in [4.78, 5) is 37.5. The minimum absolute atomic E-state index is 0.0199. The molecule has 0 saturated carbocycles. The van der Waals surface area contributed by atoms with Crippen molar-refractivity contribution < 1.29 is 32.6 Å². The van der Waals surface area contributed by atoms with Crippen LogP contribution < -0.4 is 5.32 Å². The monoisotopic (exact) mass is 543 g/mol. The molecule has 0 aromatic heterocycles. The van der Waals surface area contributed by atoms with Gasteiger partial charge in [-0.1, -0.05) is 24.3 Å². The fraction of sp³-hybridized carbons (Fsp3) is 0.414. The number of carbonyl (C=O) groups excluding carboxylic acids is 3. The quantitative estimate of drug-likeness (QED) is 0.384. The summed E-state index contributed by atoms with van der Waals surface area (Å²) in [7, 11) is 3.68. The van der Waals surface area contributed by atoms with E-state index in [1.165, 1.54) is 12.1 Å². The molecule has 2 aliphatic heterocycles. The molecule has 10 heteroatoms. The molecule has 2 aliphatic rings. The van der Waals surface area contributed by atoms with E-state index in [-0.39, 0.29) is 24.1 Å². The third kappa shape index (κ3) is 8.09. The molecule has 1 spiro atoms. The first-order valence-corrected chi connectivity index (χ1v) is 12.6. The molecule has 2 fully saturated rings. The van der Waals surface area contributed by atoms with Gasteiger partial charge in [0, 0.05) is 36.7 Å². The van der Waals surface area contributed by atoms with Gasteiger partial charge in [0.05, 0.1) is 32.3 Å². The maximum Gasteiger partial charge on any atom is 0.237 e. The Bertz CT molecular complexity index is 1200. The van der Waals surface area contributed by atoms with Crippen molar-refractivity contribution in [3.63, 3.8) is 0 Å². The van der Waals surface area contributed by atoms with Crippen molar-refractivity contribution in [2.24, 2.45) is 0 Å². The molecule has 2 saturated heterocycles. The van der Waals surface area contributed by atoms with Gasteiger partial charge in [-0.2, -0.15) is 0 Å². The van der Waals surface area contributed by atoms with Crippen molar-refractivity contribution in [1.29, 1.82) is 0 Å². The molecule has 0 aliphatic carbocycles. The molecule has 1 amide bonds. The van der Waals surface area contributed by atoms with E-state index < -0.39 is 17.4 Å². The molecule has 1 N–H and O–H groups in total. The average Bonchev–Trinajstić information content (AvgIpc) is 3.48. The Balaban J connectivity index is 0.000000223. The van der Waals surface area contributed by atoms with Gasteiger partial charge in [-0.05, 0) is 50.3 Å². The zero-order valence-corrected chi connectivity index (χ0v) is 22.5. The Morgan fingerprint density at radius 1 is 1.21 bits per heavy atom. The molecule has 2 heterocycles. The van der Waals surface area contributed by atoms with Crippen LogP contribution in [0.3, 0.4) is 0 Å². The van der Waals surface area contributed by atoms with Crippen LogP contribution in [0.4, 0.5) is 8.78 Å². The lowest BCUT2D eigenvalue weighted by Gasteiger charge is -2.20. The van der Waals surface area contributed by atoms with Crippen LogP contribution in [0.1, 0.15) is 29.3 Å². The average molecular weight is 544 g/mol. The summed E-state index contributed by atoms with van der Waals surface area (Å²) in [6.45, 7) is 8.76. The van der Waals surface area contributed by atoms with Crippen molar-refractivity contribution in [3.8, 4) is 11.1 Å². The van der Waals surface area contributed by atoms with Crippen LogP contribution in [0.2, 0.25) is 0 Å². The van der Waals surface area contributed by atoms with Crippen molar-refractivity contribution in [1.82, 2.24) is 15.1 Å². The highest BCUT2D eigenvalue weighted by Gasteiger charge is 2.49. The molecular formula is C29H35F2N3O5. The number of ether oxygens (including phenoxy) is 2. The molecule has 39 heavy (non-hydrogen) atoms. The second-order valence-corrected chi connectivity index (χ2v) is 9.94. The maximum absolute atomic E-state index is 13.8. The number of aldehydes is 2. The van der Waals surface area contributed by atoms with Crippen LogP contribution in [0.25, 0.3) is 11.1 Å². The minimum Gasteiger partial charge on any atom is -0.351 e. The number of nitrogens with zero attached hydrogens (tertiary/aromatic N) is 2. The molecular weight excluding hydrogens is 508 g/mol. The van der Waals surface area contributed by atoms with Gasteiger partial charge in [-0.25, -0.2) is 8.78 Å². The fourth-order valence-electron chi connectivity index (χ4n) is 4.58. The number of carbonyl (C=O) groups is 3. The van der Waals surface area contributed by atoms with Crippen molar-refractivity contribution in [2.45, 2.75) is 31.7 Å². The predicted molar refractivity (Wildman–Crippen MR) is 143 cm³/mol. The van der Waals surface area contributed by atoms with Gasteiger partial charge in [-0.3, -0.25) is 19.4 Å². The Kier molecular flexibility index (Phi) is 10.6. The van der Waals surface area contributed by atoms with E-state index in [0.717, 1.165) is 23.5 Å². The highest BCUT2D eigenvalue weighted by Crippen LogP contribution is 2.33. The first-order chi connectivity index (χ1) is 18.6. The number of benzene rings is 2. The predicted octanol–water partition coefficient (Wildman–Crippen LogP) is 3.20. The van der Waals surface area contributed by atoms with Crippen LogP contribution in [0.5, 0.6) is 0 Å². The Morgan fingerprint density at radius 2 is 1.92 bits per heavy atom. The highest BCUT2D eigenvalue weighted by atomic mass is 19.1. The normalized spacial score (nSPS) is 18.1. The summed E-state index contributed by atoms with van der Waals surface area (Å²) in [5, 5.41) is 2.87. The summed E-state index contributed by atoms with van der Waals surface area (Å²) < 4.78 is 38.0. The standard InChI is InChI=1S/C17H15F2NO2.C12H20N2O3/c1-20(6-7-21)10-13-3-2-12(8-14(13)11-22)16-5-4-15(18)9-17(16)19;1-9(2)7-13-11(15)10-6-12(8-14(10)3)16-4-5-17-12/h2-5,7-9,11H,6,10H2,1H3;10H,1,4-8H2,2-3H3,(H,13,15). The SMILES string of the molecule is C=C(C)CNC(=O)C1CC2(CN1C)OCCO2.CN(CC=O)Cc1ccc(-c2ccc(F)cc2F)cc1C=O. The zero-order chi connectivity index (χ0) is 28.6. The van der Waals surface area contributed by atoms with E-state index in [1.807, 2.05) is 18.9 Å². The largest absolute Gasteiger partial charge is 0.351 e. The topological polar surface area (TPSA) is 88.2 Å². The van der Waals surface area contributed by atoms with E-state index in [2.05, 4.69) is 11.9 Å².